The monoisotopic (exact) mass is 405 g/mol. The summed E-state index contributed by atoms with van der Waals surface area (Å²) in [5, 5.41) is 2.62. The number of pyridine rings is 1. The third-order valence-corrected chi connectivity index (χ3v) is 6.46. The van der Waals surface area contributed by atoms with Crippen molar-refractivity contribution in [1.29, 1.82) is 0 Å². The lowest BCUT2D eigenvalue weighted by Gasteiger charge is -2.28. The van der Waals surface area contributed by atoms with Crippen LogP contribution in [-0.4, -0.2) is 56.7 Å². The lowest BCUT2D eigenvalue weighted by molar-refractivity contribution is 0.0952. The van der Waals surface area contributed by atoms with E-state index in [0.717, 1.165) is 16.9 Å². The molecule has 0 fully saturated rings. The second kappa shape index (κ2) is 8.57. The van der Waals surface area contributed by atoms with Gasteiger partial charge in [0.25, 0.3) is 5.91 Å². The zero-order chi connectivity index (χ0) is 20.1. The van der Waals surface area contributed by atoms with Crippen molar-refractivity contribution in [2.75, 3.05) is 33.1 Å². The lowest BCUT2D eigenvalue weighted by atomic mass is 10.0. The molecule has 1 N–H and O–H groups in total. The van der Waals surface area contributed by atoms with Gasteiger partial charge in [0.1, 0.15) is 11.3 Å². The maximum atomic E-state index is 12.7. The van der Waals surface area contributed by atoms with E-state index in [2.05, 4.69) is 10.3 Å². The smallest absolute Gasteiger partial charge is 0.256 e. The maximum absolute atomic E-state index is 12.7. The van der Waals surface area contributed by atoms with Gasteiger partial charge < -0.3 is 14.8 Å². The predicted octanol–water partition coefficient (Wildman–Crippen LogP) is 1.22. The Bertz CT molecular complexity index is 962. The lowest BCUT2D eigenvalue weighted by Crippen LogP contribution is -2.40. The molecule has 0 aliphatic carbocycles. The summed E-state index contributed by atoms with van der Waals surface area (Å²) in [5.74, 6) is 0.373. The van der Waals surface area contributed by atoms with Crippen molar-refractivity contribution in [3.8, 4) is 11.6 Å². The fourth-order valence-electron chi connectivity index (χ4n) is 3.11. The van der Waals surface area contributed by atoms with Crippen LogP contribution in [-0.2, 0) is 23.0 Å². The molecule has 1 aliphatic heterocycles. The summed E-state index contributed by atoms with van der Waals surface area (Å²) in [6.45, 7) is 0.740. The highest BCUT2D eigenvalue weighted by Gasteiger charge is 2.27. The maximum Gasteiger partial charge on any atom is 0.256 e. The number of hydrogen-bond acceptors (Lipinski definition) is 6. The Hall–Kier alpha value is -2.65. The van der Waals surface area contributed by atoms with Crippen LogP contribution in [0.1, 0.15) is 21.5 Å². The molecule has 28 heavy (non-hydrogen) atoms. The Morgan fingerprint density at radius 3 is 2.79 bits per heavy atom. The molecule has 9 heteroatoms. The third kappa shape index (κ3) is 4.42. The highest BCUT2D eigenvalue weighted by molar-refractivity contribution is 7.89. The largest absolute Gasteiger partial charge is 0.497 e. The summed E-state index contributed by atoms with van der Waals surface area (Å²) in [4.78, 5) is 16.2. The number of fused-ring (bicyclic) bond motifs is 1. The fourth-order valence-corrected chi connectivity index (χ4v) is 4.44. The standard InChI is InChI=1S/C19H23N3O5S/c1-26-16-6-5-15-13-22(10-7-14(15)12-16)28(24,25)11-9-20-18(23)17-4-3-8-21-19(17)27-2/h3-6,8,12H,7,9-11,13H2,1-2H3,(H,20,23). The van der Waals surface area contributed by atoms with Gasteiger partial charge in [-0.3, -0.25) is 4.79 Å². The molecule has 2 aromatic rings. The van der Waals surface area contributed by atoms with E-state index in [4.69, 9.17) is 9.47 Å². The Morgan fingerprint density at radius 1 is 1.21 bits per heavy atom. The molecule has 1 aromatic heterocycles. The van der Waals surface area contributed by atoms with Crippen molar-refractivity contribution in [2.45, 2.75) is 13.0 Å². The zero-order valence-electron chi connectivity index (χ0n) is 15.8. The number of carbonyl (C=O) groups is 1. The van der Waals surface area contributed by atoms with E-state index in [9.17, 15) is 13.2 Å². The van der Waals surface area contributed by atoms with Crippen LogP contribution in [0, 0.1) is 0 Å². The normalized spacial score (nSPS) is 14.2. The quantitative estimate of drug-likeness (QED) is 0.744. The summed E-state index contributed by atoms with van der Waals surface area (Å²) in [5.41, 5.74) is 2.34. The fraction of sp³-hybridized carbons (Fsp3) is 0.368. The van der Waals surface area contributed by atoms with Crippen molar-refractivity contribution in [3.63, 3.8) is 0 Å². The van der Waals surface area contributed by atoms with Gasteiger partial charge in [-0.25, -0.2) is 13.4 Å². The van der Waals surface area contributed by atoms with Gasteiger partial charge in [0.05, 0.1) is 20.0 Å². The van der Waals surface area contributed by atoms with E-state index < -0.39 is 15.9 Å². The number of rotatable bonds is 7. The van der Waals surface area contributed by atoms with Crippen LogP contribution in [0.3, 0.4) is 0 Å². The number of hydrogen-bond donors (Lipinski definition) is 1. The van der Waals surface area contributed by atoms with Crippen molar-refractivity contribution in [1.82, 2.24) is 14.6 Å². The summed E-state index contributed by atoms with van der Waals surface area (Å²) in [6, 6.07) is 8.86. The van der Waals surface area contributed by atoms with Gasteiger partial charge in [0.2, 0.25) is 15.9 Å². The van der Waals surface area contributed by atoms with Gasteiger partial charge in [-0.1, -0.05) is 6.07 Å². The Balaban J connectivity index is 1.59. The summed E-state index contributed by atoms with van der Waals surface area (Å²) >= 11 is 0. The van der Waals surface area contributed by atoms with Crippen molar-refractivity contribution < 1.29 is 22.7 Å². The van der Waals surface area contributed by atoms with Crippen LogP contribution < -0.4 is 14.8 Å². The van der Waals surface area contributed by atoms with Gasteiger partial charge in [0.15, 0.2) is 0 Å². The highest BCUT2D eigenvalue weighted by Crippen LogP contribution is 2.25. The number of aromatic nitrogens is 1. The van der Waals surface area contributed by atoms with Crippen molar-refractivity contribution >= 4 is 15.9 Å². The topological polar surface area (TPSA) is 97.8 Å². The molecule has 0 saturated carbocycles. The SMILES string of the molecule is COc1ccc2c(c1)CCN(S(=O)(=O)CCNC(=O)c1cccnc1OC)C2. The van der Waals surface area contributed by atoms with Crippen LogP contribution in [0.25, 0.3) is 0 Å². The van der Waals surface area contributed by atoms with E-state index in [-0.39, 0.29) is 23.7 Å². The number of methoxy groups -OCH3 is 2. The van der Waals surface area contributed by atoms with E-state index in [1.807, 2.05) is 18.2 Å². The average molecular weight is 405 g/mol. The minimum absolute atomic E-state index is 0.00514. The minimum atomic E-state index is -3.49. The second-order valence-electron chi connectivity index (χ2n) is 6.35. The van der Waals surface area contributed by atoms with Crippen LogP contribution >= 0.6 is 0 Å². The third-order valence-electron chi connectivity index (χ3n) is 4.64. The first-order valence-electron chi connectivity index (χ1n) is 8.85. The van der Waals surface area contributed by atoms with Gasteiger partial charge in [-0.15, -0.1) is 0 Å². The first-order chi connectivity index (χ1) is 13.4. The number of benzene rings is 1. The van der Waals surface area contributed by atoms with Gasteiger partial charge in [0, 0.05) is 25.8 Å². The molecule has 0 unspecified atom stereocenters. The number of carbonyl (C=O) groups excluding carboxylic acids is 1. The number of ether oxygens (including phenoxy) is 2. The van der Waals surface area contributed by atoms with Gasteiger partial charge in [-0.05, 0) is 41.8 Å². The van der Waals surface area contributed by atoms with Crippen LogP contribution in [0.15, 0.2) is 36.5 Å². The van der Waals surface area contributed by atoms with E-state index in [1.54, 1.807) is 19.2 Å². The molecule has 8 nitrogen and oxygen atoms in total. The molecule has 1 aromatic carbocycles. The summed E-state index contributed by atoms with van der Waals surface area (Å²) in [6.07, 6.45) is 2.15. The van der Waals surface area contributed by atoms with Crippen LogP contribution in [0.4, 0.5) is 0 Å². The Kier molecular flexibility index (Phi) is 6.15. The van der Waals surface area contributed by atoms with E-state index in [1.165, 1.54) is 17.6 Å². The first kappa shape index (κ1) is 20.1. The Labute approximate surface area is 164 Å². The van der Waals surface area contributed by atoms with Crippen LogP contribution in [0.5, 0.6) is 11.6 Å². The van der Waals surface area contributed by atoms with Crippen molar-refractivity contribution in [3.05, 3.63) is 53.2 Å². The molecular formula is C19H23N3O5S. The zero-order valence-corrected chi connectivity index (χ0v) is 16.7. The number of nitrogens with zero attached hydrogens (tertiary/aromatic N) is 2. The van der Waals surface area contributed by atoms with Crippen LogP contribution in [0.2, 0.25) is 0 Å². The van der Waals surface area contributed by atoms with E-state index in [0.29, 0.717) is 19.5 Å². The molecule has 1 amide bonds. The summed E-state index contributed by atoms with van der Waals surface area (Å²) in [7, 11) is -0.463. The van der Waals surface area contributed by atoms with Crippen molar-refractivity contribution in [2.24, 2.45) is 0 Å². The molecule has 2 heterocycles. The minimum Gasteiger partial charge on any atom is -0.497 e. The number of sulfonamides is 1. The first-order valence-corrected chi connectivity index (χ1v) is 10.5. The summed E-state index contributed by atoms with van der Waals surface area (Å²) < 4.78 is 37.1. The molecule has 0 atom stereocenters. The Morgan fingerprint density at radius 2 is 2.04 bits per heavy atom. The molecule has 0 spiro atoms. The predicted molar refractivity (Wildman–Crippen MR) is 104 cm³/mol. The second-order valence-corrected chi connectivity index (χ2v) is 8.44. The average Bonchev–Trinajstić information content (AvgIpc) is 2.72. The molecule has 150 valence electrons. The molecular weight excluding hydrogens is 382 g/mol. The molecule has 0 bridgehead atoms. The van der Waals surface area contributed by atoms with Gasteiger partial charge >= 0.3 is 0 Å². The molecule has 0 radical (unpaired) electrons. The number of amides is 1. The van der Waals surface area contributed by atoms with E-state index >= 15 is 0 Å². The highest BCUT2D eigenvalue weighted by atomic mass is 32.2. The number of nitrogens with one attached hydrogen (secondary N) is 1. The molecule has 0 saturated heterocycles. The molecule has 1 aliphatic rings. The van der Waals surface area contributed by atoms with Gasteiger partial charge in [-0.2, -0.15) is 4.31 Å². The molecule has 3 rings (SSSR count).